The summed E-state index contributed by atoms with van der Waals surface area (Å²) >= 11 is 0. The summed E-state index contributed by atoms with van der Waals surface area (Å²) in [5, 5.41) is 47.1. The van der Waals surface area contributed by atoms with E-state index in [1.165, 1.54) is 28.3 Å². The van der Waals surface area contributed by atoms with Crippen molar-refractivity contribution in [1.82, 2.24) is 10.6 Å². The van der Waals surface area contributed by atoms with Crippen molar-refractivity contribution in [2.45, 2.75) is 228 Å². The van der Waals surface area contributed by atoms with Crippen molar-refractivity contribution >= 4 is 54.0 Å². The molecule has 7 rings (SSSR count). The van der Waals surface area contributed by atoms with Gasteiger partial charge in [0.1, 0.15) is 38.3 Å². The Bertz CT molecular complexity index is 3820. The molecule has 13 unspecified atom stereocenters. The van der Waals surface area contributed by atoms with Crippen LogP contribution in [0.4, 0.5) is 4.79 Å². The summed E-state index contributed by atoms with van der Waals surface area (Å²) in [5.41, 5.74) is 12.1. The van der Waals surface area contributed by atoms with Crippen LogP contribution in [0.2, 0.25) is 0 Å². The Morgan fingerprint density at radius 1 is 0.431 bits per heavy atom. The number of carbonyl (C=O) groups excluding carboxylic acids is 5. The molecule has 0 spiro atoms. The highest BCUT2D eigenvalue weighted by molar-refractivity contribution is 5.81. The minimum atomic E-state index is -0.921. The van der Waals surface area contributed by atoms with Crippen LogP contribution in [0.25, 0.3) is 0 Å². The molecule has 4 aromatic rings. The maximum Gasteiger partial charge on any atom is 0.409 e. The van der Waals surface area contributed by atoms with E-state index in [2.05, 4.69) is 135 Å². The van der Waals surface area contributed by atoms with Gasteiger partial charge in [-0.3, -0.25) is 38.9 Å². The van der Waals surface area contributed by atoms with Crippen LogP contribution in [0.15, 0.2) is 147 Å². The van der Waals surface area contributed by atoms with Crippen molar-refractivity contribution < 1.29 is 126 Å². The molecule has 10 N–H and O–H groups in total. The second-order valence-electron chi connectivity index (χ2n) is 34.6. The SMILES string of the molecule is C=CC1CC(C(=O)NCCOCCOCCOC(=O)C(C)c2ccc(CC(C)C)cc2)C(/C=C\C2CC(C(=O)O)C(C=C)O2)O1.C=CC1CC(C(=O)O)C(C=N)O1.CC(C)(C)OC(=O)NCO.CC(C)Cc1ccc(C(C)C(=O)O)cc1.CC(C)Cc1ccc(C(C)C(=O)OCCOCCOCC[NH3+])cc1.CCCOCCOCCOC(=O)C(C)c1ccc(CC(C)C)cc1. The van der Waals surface area contributed by atoms with Crippen molar-refractivity contribution in [2.24, 2.45) is 41.4 Å². The number of nitrogens with one attached hydrogen (secondary N) is 3. The monoisotopic (exact) mass is 1820 g/mol. The number of ether oxygens (including phenoxy) is 13. The molecule has 3 saturated heterocycles. The summed E-state index contributed by atoms with van der Waals surface area (Å²) in [5.74, 6) is -3.96. The van der Waals surface area contributed by atoms with E-state index >= 15 is 0 Å². The Kier molecular flexibility index (Phi) is 60.1. The molecule has 3 heterocycles. The minimum absolute atomic E-state index is 0.156. The molecule has 29 heteroatoms. The van der Waals surface area contributed by atoms with Gasteiger partial charge in [-0.15, -0.1) is 19.7 Å². The van der Waals surface area contributed by atoms with Gasteiger partial charge in [0.25, 0.3) is 0 Å². The molecule has 728 valence electrons. The Morgan fingerprint density at radius 2 is 0.754 bits per heavy atom. The van der Waals surface area contributed by atoms with Gasteiger partial charge >= 0.3 is 41.9 Å². The van der Waals surface area contributed by atoms with E-state index in [0.717, 1.165) is 73.7 Å². The number of esters is 3. The topological polar surface area (TPSA) is 413 Å². The zero-order chi connectivity index (χ0) is 97.1. The van der Waals surface area contributed by atoms with E-state index < -0.39 is 84.4 Å². The van der Waals surface area contributed by atoms with Crippen LogP contribution >= 0.6 is 0 Å². The number of hydrogen-bond donors (Lipinski definition) is 8. The standard InChI is InChI=1S/C35H49NO9.C20H32O4.C19H31NO4.C13H18O2.C8H11NO3.C6H13NO3/c1-6-27-21-29(32(44-27)13-12-28-22-30(34(38)39)31(7-2)45-28)33(37)36-14-15-41-16-17-42-18-19-43-35(40)24(5)26-10-8-25(9-11-26)20-23(3)4;1-5-10-22-11-12-23-13-14-24-20(21)17(4)19-8-6-18(7-9-19)15-16(2)3;1-15(2)14-17-4-6-18(7-5-17)16(3)19(21)24-13-12-23-11-10-22-9-8-20;1-9(2)8-11-4-6-12(7-5-11)10(3)13(14)15;1-2-5-3-6(8(10)11)7(4-9)12-5;1-6(2,3)10-5(9)7-4-8/h6-13,23-24,27-32H,1-2,14-22H2,3-5H3,(H,36,37)(H,38,39);6-9,16-17H,5,10-15H2,1-4H3;4-7,15-16H,8-14,20H2,1-3H3;4-7,9-10H,8H2,1-3H3,(H,14,15);2,4-7,9H,1,3H2,(H,10,11);8H,4H2,1-3H3,(H,7,9)/p+1/b13-12-;;;;;. The zero-order valence-corrected chi connectivity index (χ0v) is 80.1. The average Bonchev–Trinajstić information content (AvgIpc) is 1.68. The third-order valence-corrected chi connectivity index (χ3v) is 20.3. The van der Waals surface area contributed by atoms with Crippen LogP contribution < -0.4 is 16.4 Å². The number of aliphatic hydroxyl groups is 1. The molecule has 130 heavy (non-hydrogen) atoms. The number of carboxylic acid groups (broad SMARTS) is 3. The van der Waals surface area contributed by atoms with Gasteiger partial charge in [0.05, 0.1) is 151 Å². The molecular weight excluding hydrogens is 1670 g/mol. The summed E-state index contributed by atoms with van der Waals surface area (Å²) in [6.07, 6.45) is 12.6. The maximum atomic E-state index is 12.9. The quantitative estimate of drug-likeness (QED) is 0.00508. The number of aliphatic carboxylic acids is 3. The van der Waals surface area contributed by atoms with E-state index in [1.54, 1.807) is 52.0 Å². The molecule has 29 nitrogen and oxygen atoms in total. The highest BCUT2D eigenvalue weighted by Gasteiger charge is 2.41. The molecule has 3 aliphatic rings. The van der Waals surface area contributed by atoms with Crippen LogP contribution in [0.3, 0.4) is 0 Å². The lowest BCUT2D eigenvalue weighted by Gasteiger charge is -2.18. The van der Waals surface area contributed by atoms with Gasteiger partial charge < -0.3 is 98.5 Å². The fourth-order valence-electron chi connectivity index (χ4n) is 13.3. The summed E-state index contributed by atoms with van der Waals surface area (Å²) in [6.45, 7) is 50.1. The summed E-state index contributed by atoms with van der Waals surface area (Å²) in [6, 6.07) is 32.4. The lowest BCUT2D eigenvalue weighted by Crippen LogP contribution is -2.52. The molecule has 0 saturated carbocycles. The van der Waals surface area contributed by atoms with Gasteiger partial charge in [-0.1, -0.05) is 190 Å². The largest absolute Gasteiger partial charge is 0.481 e. The van der Waals surface area contributed by atoms with Crippen LogP contribution in [0.5, 0.6) is 0 Å². The Balaban J connectivity index is 0.000000573. The lowest BCUT2D eigenvalue weighted by atomic mass is 9.96. The summed E-state index contributed by atoms with van der Waals surface area (Å²) < 4.78 is 69.9. The third kappa shape index (κ3) is 50.3. The molecule has 0 radical (unpaired) electrons. The average molecular weight is 1830 g/mol. The number of carbonyl (C=O) groups is 8. The van der Waals surface area contributed by atoms with E-state index in [9.17, 15) is 43.5 Å². The smallest absolute Gasteiger partial charge is 0.409 e. The lowest BCUT2D eigenvalue weighted by molar-refractivity contribution is -0.374. The van der Waals surface area contributed by atoms with Crippen LogP contribution in [0.1, 0.15) is 205 Å². The molecule has 3 fully saturated rings. The Hall–Kier alpha value is -9.37. The van der Waals surface area contributed by atoms with Gasteiger partial charge in [0.2, 0.25) is 5.91 Å². The van der Waals surface area contributed by atoms with Gasteiger partial charge in [0, 0.05) is 19.4 Å². The van der Waals surface area contributed by atoms with Gasteiger partial charge in [-0.05, 0) is 168 Å². The first kappa shape index (κ1) is 117. The van der Waals surface area contributed by atoms with Crippen LogP contribution in [0, 0.1) is 46.8 Å². The fourth-order valence-corrected chi connectivity index (χ4v) is 13.3. The molecule has 13 atom stereocenters. The third-order valence-electron chi connectivity index (χ3n) is 20.3. The highest BCUT2D eigenvalue weighted by atomic mass is 16.6. The van der Waals surface area contributed by atoms with Crippen molar-refractivity contribution in [3.8, 4) is 0 Å². The maximum absolute atomic E-state index is 12.9. The van der Waals surface area contributed by atoms with Gasteiger partial charge in [-0.2, -0.15) is 0 Å². The molecule has 0 bridgehead atoms. The Labute approximate surface area is 772 Å². The van der Waals surface area contributed by atoms with E-state index in [1.807, 2.05) is 81.4 Å². The van der Waals surface area contributed by atoms with E-state index in [-0.39, 0.29) is 80.2 Å². The molecule has 0 aromatic heterocycles. The van der Waals surface area contributed by atoms with Crippen molar-refractivity contribution in [3.05, 3.63) is 192 Å². The number of aliphatic hydroxyl groups excluding tert-OH is 1. The molecule has 0 aliphatic carbocycles. The van der Waals surface area contributed by atoms with E-state index in [4.69, 9.17) is 82.3 Å². The van der Waals surface area contributed by atoms with Crippen molar-refractivity contribution in [3.63, 3.8) is 0 Å². The minimum Gasteiger partial charge on any atom is -0.481 e. The number of quaternary nitrogens is 1. The highest BCUT2D eigenvalue weighted by Crippen LogP contribution is 2.33. The number of carboxylic acids is 3. The predicted octanol–water partition coefficient (Wildman–Crippen LogP) is 14.2. The summed E-state index contributed by atoms with van der Waals surface area (Å²) in [4.78, 5) is 92.8. The summed E-state index contributed by atoms with van der Waals surface area (Å²) in [7, 11) is 0. The first-order valence-electron chi connectivity index (χ1n) is 45.5. The number of alkyl carbamates (subject to hydrolysis) is 1. The second kappa shape index (κ2) is 66.9. The normalized spacial score (nSPS) is 18.8. The predicted molar refractivity (Wildman–Crippen MR) is 501 cm³/mol. The number of amides is 2. The first-order valence-corrected chi connectivity index (χ1v) is 45.5. The van der Waals surface area contributed by atoms with Gasteiger partial charge in [0.15, 0.2) is 0 Å². The zero-order valence-electron chi connectivity index (χ0n) is 80.1. The van der Waals surface area contributed by atoms with Crippen molar-refractivity contribution in [1.29, 1.82) is 5.41 Å². The number of benzene rings is 4. The van der Waals surface area contributed by atoms with E-state index in [0.29, 0.717) is 116 Å². The Morgan fingerprint density at radius 3 is 1.06 bits per heavy atom. The molecule has 4 aromatic carbocycles. The molecular formula is C101H155N4O25+. The second-order valence-corrected chi connectivity index (χ2v) is 34.6. The van der Waals surface area contributed by atoms with Gasteiger partial charge in [-0.25, -0.2) is 4.79 Å². The number of hydrogen-bond acceptors (Lipinski definition) is 23. The number of rotatable bonds is 51. The van der Waals surface area contributed by atoms with Crippen molar-refractivity contribution in [2.75, 3.05) is 119 Å². The van der Waals surface area contributed by atoms with Crippen LogP contribution in [-0.4, -0.2) is 236 Å². The fraction of sp³-hybridized carbons (Fsp3) is 0.594. The first-order chi connectivity index (χ1) is 61.8. The van der Waals surface area contributed by atoms with Crippen LogP contribution in [-0.2, 0) is 121 Å². The molecule has 3 aliphatic heterocycles. The molecule has 2 amide bonds.